The summed E-state index contributed by atoms with van der Waals surface area (Å²) in [7, 11) is 4.43. The molecule has 0 spiro atoms. The van der Waals surface area contributed by atoms with Gasteiger partial charge in [-0.05, 0) is 149 Å². The van der Waals surface area contributed by atoms with Crippen LogP contribution >= 0.6 is 0 Å². The number of amides is 1. The van der Waals surface area contributed by atoms with Gasteiger partial charge in [-0.2, -0.15) is 15.6 Å². The molecule has 15 atom stereocenters. The number of aliphatic hydroxyl groups is 4. The second kappa shape index (κ2) is 36.1. The first-order valence-electron chi connectivity index (χ1n) is 33.1. The summed E-state index contributed by atoms with van der Waals surface area (Å²) < 4.78 is 37.2. The third-order valence-electron chi connectivity index (χ3n) is 19.3. The van der Waals surface area contributed by atoms with Gasteiger partial charge in [0.25, 0.3) is 11.7 Å². The molecule has 2 saturated heterocycles. The van der Waals surface area contributed by atoms with Crippen molar-refractivity contribution < 1.29 is 77.6 Å². The zero-order valence-corrected chi connectivity index (χ0v) is 56.9. The molecular weight excluding hydrogens is 1220 g/mol. The average molecular weight is 1320 g/mol. The Labute approximate surface area is 559 Å². The summed E-state index contributed by atoms with van der Waals surface area (Å²) >= 11 is 0. The molecule has 1 aromatic heterocycles. The van der Waals surface area contributed by atoms with Crippen LogP contribution in [0, 0.1) is 63.6 Å². The van der Waals surface area contributed by atoms with Gasteiger partial charge in [0, 0.05) is 58.5 Å². The summed E-state index contributed by atoms with van der Waals surface area (Å²) in [6.07, 6.45) is 12.9. The second-order valence-corrected chi connectivity index (χ2v) is 26.6. The van der Waals surface area contributed by atoms with E-state index < -0.39 is 120 Å². The largest absolute Gasteiger partial charge is 0.460 e. The van der Waals surface area contributed by atoms with Crippen molar-refractivity contribution in [3.63, 3.8) is 0 Å². The number of aliphatic hydroxyl groups excluding tert-OH is 3. The molecule has 4 N–H and O–H groups in total. The monoisotopic (exact) mass is 1310 g/mol. The lowest BCUT2D eigenvalue weighted by Crippen LogP contribution is -2.61. The Morgan fingerprint density at radius 3 is 2.04 bits per heavy atom. The SMILES string of the molecule is CO[C@H]1C[C@@H]2CC[C@@H](C)[C@@](O)(O2)C(=O)C(=O)N2CCCC[C@H]2C(=O)O[C@H]([C@H](C)C[C@@H]2CC[C@@H](OC(=O)C(C)(CO)CO)[C@H](OC)C2)CC(=O)[C@H](C)/C=C(\C)[C@@H](O)[C@@H](OC)C(=O)[C@H](C)C[C@H](C)/C=C/C=C/C=C/1C.N#Cc1ccc(C(c2ccc(C#N)cc2)n2cncn2)cc1. The summed E-state index contributed by atoms with van der Waals surface area (Å²) in [5, 5.41) is 65.1. The maximum Gasteiger partial charge on any atom is 0.329 e. The number of nitriles is 2. The number of nitrogens with zero attached hydrogens (tertiary/aromatic N) is 6. The summed E-state index contributed by atoms with van der Waals surface area (Å²) in [5.41, 5.74) is 2.94. The topological polar surface area (TPSA) is 320 Å². The molecule has 3 aromatic rings. The van der Waals surface area contributed by atoms with Crippen LogP contribution in [-0.4, -0.2) is 171 Å². The number of ketones is 3. The van der Waals surface area contributed by atoms with Gasteiger partial charge in [0.15, 0.2) is 5.78 Å². The van der Waals surface area contributed by atoms with E-state index in [1.165, 1.54) is 27.5 Å². The minimum absolute atomic E-state index is 0.00697. The predicted octanol–water partition coefficient (Wildman–Crippen LogP) is 8.38. The molecule has 22 nitrogen and oxygen atoms in total. The highest BCUT2D eigenvalue weighted by atomic mass is 16.6. The minimum atomic E-state index is -2.47. The predicted molar refractivity (Wildman–Crippen MR) is 351 cm³/mol. The number of rotatable bonds is 13. The molecule has 1 saturated carbocycles. The number of piperidine rings is 1. The molecule has 7 rings (SSSR count). The van der Waals surface area contributed by atoms with E-state index in [1.54, 1.807) is 76.2 Å². The molecule has 95 heavy (non-hydrogen) atoms. The molecule has 1 amide bonds. The highest BCUT2D eigenvalue weighted by Crippen LogP contribution is 2.39. The van der Waals surface area contributed by atoms with Crippen molar-refractivity contribution in [3.05, 3.63) is 131 Å². The Balaban J connectivity index is 0.000000540. The van der Waals surface area contributed by atoms with Gasteiger partial charge in [0.1, 0.15) is 60.4 Å². The number of aromatic nitrogens is 3. The third-order valence-corrected chi connectivity index (χ3v) is 19.3. The number of esters is 2. The highest BCUT2D eigenvalue weighted by Gasteiger charge is 2.53. The molecular formula is C73H98N6O16. The molecule has 4 heterocycles. The molecule has 1 aliphatic carbocycles. The van der Waals surface area contributed by atoms with E-state index in [1.807, 2.05) is 75.4 Å². The van der Waals surface area contributed by atoms with E-state index >= 15 is 0 Å². The summed E-state index contributed by atoms with van der Waals surface area (Å²) in [5.74, 6) is -9.36. The number of cyclic esters (lactones) is 1. The number of Topliss-reactive ketones (excluding diaryl/α,β-unsaturated/α-hetero) is 3. The fourth-order valence-corrected chi connectivity index (χ4v) is 13.0. The number of benzene rings is 2. The Kier molecular flexibility index (Phi) is 29.1. The van der Waals surface area contributed by atoms with E-state index in [2.05, 4.69) is 22.2 Å². The van der Waals surface area contributed by atoms with Gasteiger partial charge in [0.2, 0.25) is 5.79 Å². The van der Waals surface area contributed by atoms with Gasteiger partial charge in [-0.3, -0.25) is 24.0 Å². The molecule has 0 unspecified atom stereocenters. The third kappa shape index (κ3) is 20.1. The van der Waals surface area contributed by atoms with E-state index in [-0.39, 0.29) is 48.8 Å². The van der Waals surface area contributed by atoms with Crippen LogP contribution in [0.25, 0.3) is 0 Å². The van der Waals surface area contributed by atoms with E-state index in [0.29, 0.717) is 80.9 Å². The first-order valence-corrected chi connectivity index (χ1v) is 33.1. The van der Waals surface area contributed by atoms with Crippen molar-refractivity contribution in [2.45, 2.75) is 193 Å². The fraction of sp³-hybridized carbons (Fsp3) is 0.589. The number of hydrogen-bond acceptors (Lipinski definition) is 20. The molecule has 3 fully saturated rings. The normalized spacial score (nSPS) is 31.1. The van der Waals surface area contributed by atoms with Gasteiger partial charge in [0.05, 0.1) is 54.8 Å². The minimum Gasteiger partial charge on any atom is -0.460 e. The number of allylic oxidation sites excluding steroid dienone is 6. The lowest BCUT2D eigenvalue weighted by atomic mass is 9.78. The average Bonchev–Trinajstić information content (AvgIpc) is 0.952. The molecule has 516 valence electrons. The number of ether oxygens (including phenoxy) is 6. The number of methoxy groups -OCH3 is 3. The van der Waals surface area contributed by atoms with Crippen LogP contribution in [0.5, 0.6) is 0 Å². The zero-order valence-electron chi connectivity index (χ0n) is 56.9. The van der Waals surface area contributed by atoms with E-state index in [4.69, 9.17) is 38.9 Å². The summed E-state index contributed by atoms with van der Waals surface area (Å²) in [4.78, 5) is 89.4. The summed E-state index contributed by atoms with van der Waals surface area (Å²) in [6, 6.07) is 17.6. The lowest BCUT2D eigenvalue weighted by molar-refractivity contribution is -0.265. The summed E-state index contributed by atoms with van der Waals surface area (Å²) in [6.45, 7) is 12.7. The number of fused-ring (bicyclic) bond motifs is 3. The van der Waals surface area contributed by atoms with Crippen molar-refractivity contribution in [2.24, 2.45) is 40.9 Å². The molecule has 4 aliphatic rings. The van der Waals surface area contributed by atoms with Gasteiger partial charge in [-0.15, -0.1) is 0 Å². The van der Waals surface area contributed by atoms with E-state index in [9.17, 15) is 49.2 Å². The van der Waals surface area contributed by atoms with Crippen LogP contribution in [0.2, 0.25) is 0 Å². The lowest BCUT2D eigenvalue weighted by Gasteiger charge is -2.42. The molecule has 2 bridgehead atoms. The first kappa shape index (κ1) is 76.6. The fourth-order valence-electron chi connectivity index (χ4n) is 13.0. The van der Waals surface area contributed by atoms with Crippen molar-refractivity contribution >= 4 is 35.2 Å². The van der Waals surface area contributed by atoms with Crippen molar-refractivity contribution in [1.82, 2.24) is 19.7 Å². The van der Waals surface area contributed by atoms with Gasteiger partial charge in [-0.25, -0.2) is 14.5 Å². The van der Waals surface area contributed by atoms with Crippen LogP contribution in [0.15, 0.2) is 109 Å². The Bertz CT molecular complexity index is 3200. The second-order valence-electron chi connectivity index (χ2n) is 26.6. The Morgan fingerprint density at radius 2 is 1.46 bits per heavy atom. The van der Waals surface area contributed by atoms with Crippen molar-refractivity contribution in [2.75, 3.05) is 41.1 Å². The number of carbonyl (C=O) groups excluding carboxylic acids is 6. The van der Waals surface area contributed by atoms with E-state index in [0.717, 1.165) is 21.6 Å². The maximum atomic E-state index is 14.5. The van der Waals surface area contributed by atoms with Gasteiger partial charge >= 0.3 is 11.9 Å². The van der Waals surface area contributed by atoms with Crippen molar-refractivity contribution in [1.29, 1.82) is 10.5 Å². The number of hydrogen-bond donors (Lipinski definition) is 4. The molecule has 2 aromatic carbocycles. The highest BCUT2D eigenvalue weighted by molar-refractivity contribution is 6.39. The van der Waals surface area contributed by atoms with Crippen LogP contribution in [0.3, 0.4) is 0 Å². The van der Waals surface area contributed by atoms with Crippen LogP contribution in [0.4, 0.5) is 0 Å². The maximum absolute atomic E-state index is 14.5. The molecule has 0 radical (unpaired) electrons. The standard InChI is InChI=1S/C56H87NO16.C17H11N5/c1-33-17-13-12-14-18-34(2)45(68-9)29-41-22-20-39(7)56(67,73-41)51(63)52(64)57-24-16-15-19-42(57)53(65)71-46(30-43(60)35(3)26-38(6)49(62)50(70-11)48(61)37(5)25-33)36(4)27-40-21-23-44(47(28-40)69-10)72-54(66)55(8,31-58)32-59;18-9-13-1-5-15(6-2-13)17(22-12-20-11-21-22)16-7-3-14(10-19)4-8-16/h12-14,17-18,26,33,35-37,39-42,44-47,49-50,58-59,62,67H,15-16,19-25,27-32H2,1-11H3;1-8,11-12,17H/b14-12+,17-13+,34-18+,38-26+;/t33-,35-,36-,37-,39-,40+,41+,42+,44-,45+,46+,47-,49-,50+,56-;/m1./s1. The Hall–Kier alpha value is -7.38. The van der Waals surface area contributed by atoms with Crippen molar-refractivity contribution in [3.8, 4) is 12.1 Å². The zero-order chi connectivity index (χ0) is 69.7. The number of carbonyl (C=O) groups is 6. The quantitative estimate of drug-likeness (QED) is 0.0709. The smallest absolute Gasteiger partial charge is 0.329 e. The Morgan fingerprint density at radius 1 is 0.811 bits per heavy atom. The molecule has 22 heteroatoms. The van der Waals surface area contributed by atoms with Crippen LogP contribution in [0.1, 0.15) is 161 Å². The van der Waals surface area contributed by atoms with Gasteiger partial charge in [-0.1, -0.05) is 95.3 Å². The molecule has 3 aliphatic heterocycles. The van der Waals surface area contributed by atoms with Gasteiger partial charge < -0.3 is 53.7 Å². The van der Waals surface area contributed by atoms with Crippen LogP contribution in [-0.2, 0) is 57.2 Å². The first-order chi connectivity index (χ1) is 45.3. The van der Waals surface area contributed by atoms with Crippen LogP contribution < -0.4 is 0 Å².